The minimum Gasteiger partial charge on any atom is -0.497 e. The molecule has 0 spiro atoms. The standard InChI is InChI=1S/C18H14N2O5/c1-24-12-7-13-16(15(8-12)25-2)14(9-19)20(17(13)21)11-5-3-4-10(6-11)18(22)23/h3-8,14H,1-2H3,(H,22,23). The molecule has 126 valence electrons. The summed E-state index contributed by atoms with van der Waals surface area (Å²) in [7, 11) is 2.91. The SMILES string of the molecule is COc1cc(OC)c2c(c1)C(=O)N(c1cccc(C(=O)O)c1)C2C#N. The van der Waals surface area contributed by atoms with Gasteiger partial charge < -0.3 is 14.6 Å². The van der Waals surface area contributed by atoms with Gasteiger partial charge in [-0.2, -0.15) is 5.26 Å². The molecule has 7 heteroatoms. The number of carbonyl (C=O) groups is 2. The molecular formula is C18H14N2O5. The van der Waals surface area contributed by atoms with Crippen LogP contribution in [-0.2, 0) is 0 Å². The number of benzene rings is 2. The summed E-state index contributed by atoms with van der Waals surface area (Å²) in [6, 6.07) is 10.2. The second-order valence-corrected chi connectivity index (χ2v) is 5.35. The van der Waals surface area contributed by atoms with Crippen molar-refractivity contribution >= 4 is 17.6 Å². The number of rotatable bonds is 4. The third-order valence-electron chi connectivity index (χ3n) is 4.05. The van der Waals surface area contributed by atoms with Crippen LogP contribution in [0.25, 0.3) is 0 Å². The predicted molar refractivity (Wildman–Crippen MR) is 88.1 cm³/mol. The van der Waals surface area contributed by atoms with Crippen LogP contribution in [0.1, 0.15) is 32.3 Å². The summed E-state index contributed by atoms with van der Waals surface area (Å²) in [6.07, 6.45) is 0. The molecule has 1 aliphatic heterocycles. The fraction of sp³-hybridized carbons (Fsp3) is 0.167. The van der Waals surface area contributed by atoms with E-state index in [2.05, 4.69) is 6.07 Å². The monoisotopic (exact) mass is 338 g/mol. The quantitative estimate of drug-likeness (QED) is 0.920. The Morgan fingerprint density at radius 2 is 2.00 bits per heavy atom. The molecule has 2 aromatic carbocycles. The van der Waals surface area contributed by atoms with Crippen molar-refractivity contribution in [3.63, 3.8) is 0 Å². The van der Waals surface area contributed by atoms with Gasteiger partial charge in [0.25, 0.3) is 5.91 Å². The fourth-order valence-electron chi connectivity index (χ4n) is 2.90. The van der Waals surface area contributed by atoms with Crippen LogP contribution >= 0.6 is 0 Å². The fourth-order valence-corrected chi connectivity index (χ4v) is 2.90. The number of ether oxygens (including phenoxy) is 2. The van der Waals surface area contributed by atoms with E-state index in [1.165, 1.54) is 37.3 Å². The molecule has 0 radical (unpaired) electrons. The molecular weight excluding hydrogens is 324 g/mol. The second-order valence-electron chi connectivity index (χ2n) is 5.35. The molecule has 25 heavy (non-hydrogen) atoms. The van der Waals surface area contributed by atoms with Crippen molar-refractivity contribution in [1.82, 2.24) is 0 Å². The average molecular weight is 338 g/mol. The highest BCUT2D eigenvalue weighted by Crippen LogP contribution is 2.44. The van der Waals surface area contributed by atoms with Crippen molar-refractivity contribution in [1.29, 1.82) is 5.26 Å². The molecule has 0 aliphatic carbocycles. The first kappa shape index (κ1) is 16.3. The van der Waals surface area contributed by atoms with Gasteiger partial charge in [-0.25, -0.2) is 4.79 Å². The van der Waals surface area contributed by atoms with E-state index < -0.39 is 17.9 Å². The van der Waals surface area contributed by atoms with Crippen LogP contribution < -0.4 is 14.4 Å². The summed E-state index contributed by atoms with van der Waals surface area (Å²) in [5.74, 6) is -0.729. The maximum Gasteiger partial charge on any atom is 0.335 e. The number of fused-ring (bicyclic) bond motifs is 1. The van der Waals surface area contributed by atoms with Crippen molar-refractivity contribution < 1.29 is 24.2 Å². The minimum absolute atomic E-state index is 0.0301. The van der Waals surface area contributed by atoms with Crippen molar-refractivity contribution in [2.45, 2.75) is 6.04 Å². The van der Waals surface area contributed by atoms with Gasteiger partial charge in [0.1, 0.15) is 11.5 Å². The van der Waals surface area contributed by atoms with Crippen LogP contribution in [-0.4, -0.2) is 31.2 Å². The van der Waals surface area contributed by atoms with Crippen LogP contribution in [0.2, 0.25) is 0 Å². The zero-order chi connectivity index (χ0) is 18.1. The first-order valence-electron chi connectivity index (χ1n) is 7.34. The third kappa shape index (κ3) is 2.54. The van der Waals surface area contributed by atoms with E-state index in [4.69, 9.17) is 14.6 Å². The highest BCUT2D eigenvalue weighted by Gasteiger charge is 2.41. The molecule has 1 amide bonds. The van der Waals surface area contributed by atoms with Gasteiger partial charge in [-0.1, -0.05) is 6.07 Å². The number of methoxy groups -OCH3 is 2. The Morgan fingerprint density at radius 1 is 1.24 bits per heavy atom. The zero-order valence-electron chi connectivity index (χ0n) is 13.5. The van der Waals surface area contributed by atoms with Crippen molar-refractivity contribution in [2.75, 3.05) is 19.1 Å². The number of carboxylic acids is 1. The maximum atomic E-state index is 12.9. The Kier molecular flexibility index (Phi) is 4.03. The lowest BCUT2D eigenvalue weighted by molar-refractivity contribution is 0.0696. The van der Waals surface area contributed by atoms with Crippen molar-refractivity contribution in [3.8, 4) is 17.6 Å². The van der Waals surface area contributed by atoms with E-state index in [0.29, 0.717) is 28.3 Å². The number of aromatic carboxylic acids is 1. The van der Waals surface area contributed by atoms with Gasteiger partial charge in [-0.05, 0) is 24.3 Å². The highest BCUT2D eigenvalue weighted by molar-refractivity contribution is 6.12. The summed E-state index contributed by atoms with van der Waals surface area (Å²) in [5, 5.41) is 18.8. The Hall–Kier alpha value is -3.53. The zero-order valence-corrected chi connectivity index (χ0v) is 13.5. The lowest BCUT2D eigenvalue weighted by Gasteiger charge is -2.21. The molecule has 0 fully saturated rings. The summed E-state index contributed by atoms with van der Waals surface area (Å²) >= 11 is 0. The van der Waals surface area contributed by atoms with E-state index >= 15 is 0 Å². The number of hydrogen-bond acceptors (Lipinski definition) is 5. The number of nitriles is 1. The summed E-state index contributed by atoms with van der Waals surface area (Å²) in [4.78, 5) is 25.4. The van der Waals surface area contributed by atoms with Gasteiger partial charge in [-0.3, -0.25) is 9.69 Å². The Bertz CT molecular complexity index is 916. The summed E-state index contributed by atoms with van der Waals surface area (Å²) < 4.78 is 10.5. The van der Waals surface area contributed by atoms with Gasteiger partial charge >= 0.3 is 5.97 Å². The van der Waals surface area contributed by atoms with E-state index in [1.54, 1.807) is 18.2 Å². The van der Waals surface area contributed by atoms with E-state index in [9.17, 15) is 14.9 Å². The van der Waals surface area contributed by atoms with Gasteiger partial charge in [0.15, 0.2) is 6.04 Å². The van der Waals surface area contributed by atoms with E-state index in [0.717, 1.165) is 0 Å². The molecule has 1 atom stereocenters. The molecule has 1 unspecified atom stereocenters. The number of hydrogen-bond donors (Lipinski definition) is 1. The van der Waals surface area contributed by atoms with E-state index in [1.807, 2.05) is 0 Å². The topological polar surface area (TPSA) is 99.9 Å². The highest BCUT2D eigenvalue weighted by atomic mass is 16.5. The van der Waals surface area contributed by atoms with Crippen LogP contribution in [0.15, 0.2) is 36.4 Å². The molecule has 0 saturated heterocycles. The van der Waals surface area contributed by atoms with Crippen LogP contribution in [0.4, 0.5) is 5.69 Å². The molecule has 1 aliphatic rings. The summed E-state index contributed by atoms with van der Waals surface area (Å²) in [5.41, 5.74) is 1.09. The smallest absolute Gasteiger partial charge is 0.335 e. The molecule has 0 bridgehead atoms. The number of carbonyl (C=O) groups excluding carboxylic acids is 1. The minimum atomic E-state index is -1.11. The van der Waals surface area contributed by atoms with Crippen LogP contribution in [0.3, 0.4) is 0 Å². The Morgan fingerprint density at radius 3 is 2.60 bits per heavy atom. The van der Waals surface area contributed by atoms with Crippen LogP contribution in [0, 0.1) is 11.3 Å². The molecule has 1 heterocycles. The molecule has 0 saturated carbocycles. The third-order valence-corrected chi connectivity index (χ3v) is 4.05. The number of anilines is 1. The van der Waals surface area contributed by atoms with Crippen LogP contribution in [0.5, 0.6) is 11.5 Å². The number of carboxylic acid groups (broad SMARTS) is 1. The van der Waals surface area contributed by atoms with Crippen molar-refractivity contribution in [3.05, 3.63) is 53.1 Å². The van der Waals surface area contributed by atoms with Crippen molar-refractivity contribution in [2.24, 2.45) is 0 Å². The number of amides is 1. The normalized spacial score (nSPS) is 15.5. The first-order valence-corrected chi connectivity index (χ1v) is 7.34. The van der Waals surface area contributed by atoms with Gasteiger partial charge in [0.05, 0.1) is 31.4 Å². The van der Waals surface area contributed by atoms with Gasteiger partial charge in [0, 0.05) is 17.3 Å². The lowest BCUT2D eigenvalue weighted by atomic mass is 10.0. The van der Waals surface area contributed by atoms with E-state index in [-0.39, 0.29) is 5.56 Å². The molecule has 2 aromatic rings. The first-order chi connectivity index (χ1) is 12.0. The maximum absolute atomic E-state index is 12.9. The largest absolute Gasteiger partial charge is 0.497 e. The Balaban J connectivity index is 2.18. The lowest BCUT2D eigenvalue weighted by Crippen LogP contribution is -2.27. The summed E-state index contributed by atoms with van der Waals surface area (Å²) in [6.45, 7) is 0. The second kappa shape index (κ2) is 6.17. The molecule has 3 rings (SSSR count). The predicted octanol–water partition coefficient (Wildman–Crippen LogP) is 2.63. The Labute approximate surface area is 143 Å². The number of nitrogens with zero attached hydrogens (tertiary/aromatic N) is 2. The van der Waals surface area contributed by atoms with Gasteiger partial charge in [0.2, 0.25) is 0 Å². The molecule has 1 N–H and O–H groups in total. The molecule has 0 aromatic heterocycles. The average Bonchev–Trinajstić information content (AvgIpc) is 2.93. The van der Waals surface area contributed by atoms with Gasteiger partial charge in [-0.15, -0.1) is 0 Å². The molecule has 7 nitrogen and oxygen atoms in total.